The zero-order chi connectivity index (χ0) is 25.9. The molecule has 1 saturated heterocycles. The maximum atomic E-state index is 13.1. The summed E-state index contributed by atoms with van der Waals surface area (Å²) in [4.78, 5) is 39.0. The molecule has 1 heterocycles. The first-order valence-corrected chi connectivity index (χ1v) is 12.2. The molecule has 8 heteroatoms. The third-order valence-electron chi connectivity index (χ3n) is 5.95. The van der Waals surface area contributed by atoms with Gasteiger partial charge in [-0.05, 0) is 64.4 Å². The fourth-order valence-electron chi connectivity index (χ4n) is 4.12. The van der Waals surface area contributed by atoms with Crippen molar-refractivity contribution in [2.45, 2.75) is 6.61 Å². The number of nitrogens with one attached hydrogen (secondary N) is 1. The fraction of sp³-hybridized carbons (Fsp3) is 0.0690. The average molecular weight is 557 g/mol. The largest absolute Gasteiger partial charge is 0.493 e. The highest BCUT2D eigenvalue weighted by atomic mass is 79.9. The van der Waals surface area contributed by atoms with Gasteiger partial charge in [0.25, 0.3) is 11.8 Å². The summed E-state index contributed by atoms with van der Waals surface area (Å²) in [5.41, 5.74) is 1.75. The molecule has 1 aliphatic heterocycles. The monoisotopic (exact) mass is 556 g/mol. The first-order valence-electron chi connectivity index (χ1n) is 11.4. The molecule has 4 aromatic rings. The molecule has 7 nitrogen and oxygen atoms in total. The van der Waals surface area contributed by atoms with E-state index < -0.39 is 17.8 Å². The van der Waals surface area contributed by atoms with Gasteiger partial charge in [0.05, 0.1) is 12.8 Å². The van der Waals surface area contributed by atoms with E-state index in [4.69, 9.17) is 9.47 Å². The number of anilines is 1. The van der Waals surface area contributed by atoms with Gasteiger partial charge in [-0.1, -0.05) is 64.5 Å². The zero-order valence-electron chi connectivity index (χ0n) is 19.7. The SMILES string of the molecule is COc1cc(C=C2C(=O)NC(=O)N(c3ccc(Br)cc3)C2=O)ccc1OCc1cccc2ccccc12. The van der Waals surface area contributed by atoms with Gasteiger partial charge in [0, 0.05) is 4.47 Å². The molecule has 0 aromatic heterocycles. The van der Waals surface area contributed by atoms with Crippen LogP contribution in [0.25, 0.3) is 16.8 Å². The number of urea groups is 1. The lowest BCUT2D eigenvalue weighted by Crippen LogP contribution is -2.54. The van der Waals surface area contributed by atoms with Crippen LogP contribution in [0.15, 0.2) is 95.0 Å². The molecular weight excluding hydrogens is 536 g/mol. The lowest BCUT2D eigenvalue weighted by molar-refractivity contribution is -0.122. The van der Waals surface area contributed by atoms with E-state index in [2.05, 4.69) is 39.4 Å². The molecule has 184 valence electrons. The highest BCUT2D eigenvalue weighted by Crippen LogP contribution is 2.31. The minimum atomic E-state index is -0.802. The molecule has 4 aromatic carbocycles. The standard InChI is InChI=1S/C29H21BrN2O5/c1-36-26-16-18(9-14-25(26)37-17-20-7-4-6-19-5-2-3-8-23(19)20)15-24-27(33)31-29(35)32(28(24)34)22-12-10-21(30)11-13-22/h2-16H,17H2,1H3,(H,31,33,35). The van der Waals surface area contributed by atoms with Crippen LogP contribution in [-0.2, 0) is 16.2 Å². The number of hydrogen-bond donors (Lipinski definition) is 1. The van der Waals surface area contributed by atoms with E-state index in [0.717, 1.165) is 25.7 Å². The first-order chi connectivity index (χ1) is 17.9. The summed E-state index contributed by atoms with van der Waals surface area (Å²) in [6.45, 7) is 0.337. The van der Waals surface area contributed by atoms with E-state index in [1.54, 1.807) is 42.5 Å². The van der Waals surface area contributed by atoms with Crippen LogP contribution in [0.3, 0.4) is 0 Å². The molecule has 0 atom stereocenters. The van der Waals surface area contributed by atoms with Crippen LogP contribution in [0, 0.1) is 0 Å². The van der Waals surface area contributed by atoms with Crippen LogP contribution >= 0.6 is 15.9 Å². The summed E-state index contributed by atoms with van der Waals surface area (Å²) >= 11 is 3.33. The summed E-state index contributed by atoms with van der Waals surface area (Å²) in [5, 5.41) is 4.46. The second-order valence-electron chi connectivity index (χ2n) is 8.27. The van der Waals surface area contributed by atoms with Gasteiger partial charge < -0.3 is 9.47 Å². The third kappa shape index (κ3) is 4.96. The van der Waals surface area contributed by atoms with E-state index in [0.29, 0.717) is 29.4 Å². The van der Waals surface area contributed by atoms with Gasteiger partial charge in [-0.2, -0.15) is 0 Å². The van der Waals surface area contributed by atoms with Crippen LogP contribution < -0.4 is 19.7 Å². The van der Waals surface area contributed by atoms with E-state index in [1.165, 1.54) is 13.2 Å². The Bertz CT molecular complexity index is 1560. The van der Waals surface area contributed by atoms with Crippen molar-refractivity contribution in [2.24, 2.45) is 0 Å². The number of carbonyl (C=O) groups excluding carboxylic acids is 3. The number of ether oxygens (including phenoxy) is 2. The number of imide groups is 2. The molecule has 0 saturated carbocycles. The molecular formula is C29H21BrN2O5. The minimum absolute atomic E-state index is 0.172. The van der Waals surface area contributed by atoms with Gasteiger partial charge in [0.1, 0.15) is 12.2 Å². The number of amides is 4. The zero-order valence-corrected chi connectivity index (χ0v) is 21.3. The number of benzene rings is 4. The predicted molar refractivity (Wildman–Crippen MR) is 144 cm³/mol. The third-order valence-corrected chi connectivity index (χ3v) is 6.48. The summed E-state index contributed by atoms with van der Waals surface area (Å²) in [7, 11) is 1.52. The Hall–Kier alpha value is -4.43. The molecule has 0 radical (unpaired) electrons. The molecule has 0 spiro atoms. The maximum absolute atomic E-state index is 13.1. The normalized spacial score (nSPS) is 14.7. The van der Waals surface area contributed by atoms with E-state index >= 15 is 0 Å². The van der Waals surface area contributed by atoms with Gasteiger partial charge in [-0.15, -0.1) is 0 Å². The second kappa shape index (κ2) is 10.3. The topological polar surface area (TPSA) is 84.9 Å². The Balaban J connectivity index is 1.40. The van der Waals surface area contributed by atoms with Crippen molar-refractivity contribution in [3.63, 3.8) is 0 Å². The van der Waals surface area contributed by atoms with Gasteiger partial charge in [-0.25, -0.2) is 9.69 Å². The van der Waals surface area contributed by atoms with Crippen molar-refractivity contribution >= 4 is 56.3 Å². The number of hydrogen-bond acceptors (Lipinski definition) is 5. The van der Waals surface area contributed by atoms with Crippen LogP contribution in [-0.4, -0.2) is 25.0 Å². The quantitative estimate of drug-likeness (QED) is 0.237. The number of rotatable bonds is 6. The average Bonchev–Trinajstić information content (AvgIpc) is 2.91. The van der Waals surface area contributed by atoms with Crippen LogP contribution in [0.4, 0.5) is 10.5 Å². The summed E-state index contributed by atoms with van der Waals surface area (Å²) in [6, 6.07) is 25.1. The van der Waals surface area contributed by atoms with Gasteiger partial charge in [-0.3, -0.25) is 14.9 Å². The minimum Gasteiger partial charge on any atom is -0.493 e. The van der Waals surface area contributed by atoms with Crippen LogP contribution in [0.5, 0.6) is 11.5 Å². The fourth-order valence-corrected chi connectivity index (χ4v) is 4.38. The van der Waals surface area contributed by atoms with Gasteiger partial charge in [0.2, 0.25) is 0 Å². The number of fused-ring (bicyclic) bond motifs is 1. The van der Waals surface area contributed by atoms with Crippen molar-refractivity contribution < 1.29 is 23.9 Å². The molecule has 5 rings (SSSR count). The second-order valence-corrected chi connectivity index (χ2v) is 9.19. The lowest BCUT2D eigenvalue weighted by atomic mass is 10.1. The number of methoxy groups -OCH3 is 1. The van der Waals surface area contributed by atoms with E-state index in [1.807, 2.05) is 24.3 Å². The number of halogens is 1. The molecule has 37 heavy (non-hydrogen) atoms. The number of barbiturate groups is 1. The van der Waals surface area contributed by atoms with Crippen molar-refractivity contribution in [3.8, 4) is 11.5 Å². The summed E-state index contributed by atoms with van der Waals surface area (Å²) < 4.78 is 12.4. The smallest absolute Gasteiger partial charge is 0.335 e. The lowest BCUT2D eigenvalue weighted by Gasteiger charge is -2.26. The summed E-state index contributed by atoms with van der Waals surface area (Å²) in [5.74, 6) is -0.521. The summed E-state index contributed by atoms with van der Waals surface area (Å²) in [6.07, 6.45) is 1.42. The maximum Gasteiger partial charge on any atom is 0.335 e. The van der Waals surface area contributed by atoms with E-state index in [9.17, 15) is 14.4 Å². The van der Waals surface area contributed by atoms with Gasteiger partial charge in [0.15, 0.2) is 11.5 Å². The molecule has 1 N–H and O–H groups in total. The Kier molecular flexibility index (Phi) is 6.74. The Morgan fingerprint density at radius 3 is 2.43 bits per heavy atom. The van der Waals surface area contributed by atoms with Gasteiger partial charge >= 0.3 is 6.03 Å². The molecule has 0 aliphatic carbocycles. The molecule has 1 aliphatic rings. The molecule has 1 fully saturated rings. The Morgan fingerprint density at radius 2 is 1.65 bits per heavy atom. The highest BCUT2D eigenvalue weighted by molar-refractivity contribution is 9.10. The Labute approximate surface area is 221 Å². The number of nitrogens with zero attached hydrogens (tertiary/aromatic N) is 1. The Morgan fingerprint density at radius 1 is 0.892 bits per heavy atom. The van der Waals surface area contributed by atoms with Crippen molar-refractivity contribution in [2.75, 3.05) is 12.0 Å². The predicted octanol–water partition coefficient (Wildman–Crippen LogP) is 5.86. The number of carbonyl (C=O) groups is 3. The first kappa shape index (κ1) is 24.3. The molecule has 0 bridgehead atoms. The highest BCUT2D eigenvalue weighted by Gasteiger charge is 2.36. The molecule has 0 unspecified atom stereocenters. The van der Waals surface area contributed by atoms with Crippen molar-refractivity contribution in [3.05, 3.63) is 106 Å². The van der Waals surface area contributed by atoms with Crippen molar-refractivity contribution in [1.29, 1.82) is 0 Å². The van der Waals surface area contributed by atoms with Crippen LogP contribution in [0.1, 0.15) is 11.1 Å². The van der Waals surface area contributed by atoms with E-state index in [-0.39, 0.29) is 5.57 Å². The van der Waals surface area contributed by atoms with Crippen LogP contribution in [0.2, 0.25) is 0 Å². The van der Waals surface area contributed by atoms with Crippen molar-refractivity contribution in [1.82, 2.24) is 5.32 Å². The molecule has 4 amide bonds.